The van der Waals surface area contributed by atoms with Crippen LogP contribution in [-0.2, 0) is 19.4 Å². The fraction of sp³-hybridized carbons (Fsp3) is 0.941. The predicted octanol–water partition coefficient (Wildman–Crippen LogP) is 1.91. The second kappa shape index (κ2) is 6.36. The maximum absolute atomic E-state index is 12.6. The molecule has 1 amide bonds. The van der Waals surface area contributed by atoms with Crippen molar-refractivity contribution in [1.29, 1.82) is 0 Å². The normalized spacial score (nSPS) is 36.9. The molecule has 0 heterocycles. The van der Waals surface area contributed by atoms with E-state index in [1.807, 2.05) is 0 Å². The Balaban J connectivity index is 1.62. The van der Waals surface area contributed by atoms with Crippen molar-refractivity contribution in [2.45, 2.75) is 62.7 Å². The van der Waals surface area contributed by atoms with Gasteiger partial charge in [0.25, 0.3) is 0 Å². The molecule has 0 spiro atoms. The van der Waals surface area contributed by atoms with E-state index >= 15 is 0 Å². The molecular weight excluding hydrogens is 314 g/mol. The summed E-state index contributed by atoms with van der Waals surface area (Å²) in [4.78, 5) is 12.6. The van der Waals surface area contributed by atoms with E-state index < -0.39 is 15.1 Å². The van der Waals surface area contributed by atoms with Gasteiger partial charge < -0.3 is 10.1 Å². The van der Waals surface area contributed by atoms with Crippen LogP contribution in [-0.4, -0.2) is 44.6 Å². The molecule has 0 aromatic rings. The van der Waals surface area contributed by atoms with Crippen LogP contribution < -0.4 is 5.32 Å². The number of ether oxygens (including phenoxy) is 1. The highest BCUT2D eigenvalue weighted by Crippen LogP contribution is 2.55. The zero-order valence-corrected chi connectivity index (χ0v) is 15.0. The maximum atomic E-state index is 12.6. The SMILES string of the molecule is COCCCS(=O)(=O)C(C)C(=O)NC12CC3CC(CC(C3)C1)C2. The summed E-state index contributed by atoms with van der Waals surface area (Å²) in [7, 11) is -1.86. The highest BCUT2D eigenvalue weighted by Gasteiger charge is 2.52. The van der Waals surface area contributed by atoms with Crippen molar-refractivity contribution in [3.8, 4) is 0 Å². The molecule has 132 valence electrons. The van der Waals surface area contributed by atoms with E-state index in [2.05, 4.69) is 5.32 Å². The lowest BCUT2D eigenvalue weighted by Gasteiger charge is -2.57. The lowest BCUT2D eigenvalue weighted by molar-refractivity contribution is -0.126. The van der Waals surface area contributed by atoms with Crippen LogP contribution in [0.15, 0.2) is 0 Å². The Bertz CT molecular complexity index is 522. The zero-order chi connectivity index (χ0) is 16.7. The summed E-state index contributed by atoms with van der Waals surface area (Å²) in [6.45, 7) is 1.93. The van der Waals surface area contributed by atoms with Crippen LogP contribution in [0.3, 0.4) is 0 Å². The summed E-state index contributed by atoms with van der Waals surface area (Å²) in [6.07, 6.45) is 7.48. The first-order valence-corrected chi connectivity index (χ1v) is 10.6. The van der Waals surface area contributed by atoms with Gasteiger partial charge in [-0.15, -0.1) is 0 Å². The van der Waals surface area contributed by atoms with Gasteiger partial charge in [0.05, 0.1) is 5.75 Å². The second-order valence-electron chi connectivity index (χ2n) is 8.04. The minimum absolute atomic E-state index is 0.0102. The van der Waals surface area contributed by atoms with Crippen LogP contribution in [0.5, 0.6) is 0 Å². The first-order valence-electron chi connectivity index (χ1n) is 8.86. The first-order chi connectivity index (χ1) is 10.8. The van der Waals surface area contributed by atoms with Crippen molar-refractivity contribution in [2.24, 2.45) is 17.8 Å². The first kappa shape index (κ1) is 17.2. The molecule has 4 fully saturated rings. The van der Waals surface area contributed by atoms with Gasteiger partial charge in [-0.05, 0) is 69.6 Å². The third-order valence-corrected chi connectivity index (χ3v) is 8.26. The number of rotatable bonds is 7. The summed E-state index contributed by atoms with van der Waals surface area (Å²) in [5.74, 6) is 1.90. The van der Waals surface area contributed by atoms with Crippen molar-refractivity contribution in [3.63, 3.8) is 0 Å². The smallest absolute Gasteiger partial charge is 0.238 e. The molecule has 23 heavy (non-hydrogen) atoms. The lowest BCUT2D eigenvalue weighted by atomic mass is 9.53. The molecule has 0 saturated heterocycles. The lowest BCUT2D eigenvalue weighted by Crippen LogP contribution is -2.61. The number of nitrogens with one attached hydrogen (secondary N) is 1. The Morgan fingerprint density at radius 1 is 1.17 bits per heavy atom. The van der Waals surface area contributed by atoms with E-state index in [1.165, 1.54) is 26.2 Å². The second-order valence-corrected chi connectivity index (χ2v) is 10.5. The highest BCUT2D eigenvalue weighted by atomic mass is 32.2. The third kappa shape index (κ3) is 3.58. The average Bonchev–Trinajstić information content (AvgIpc) is 2.44. The third-order valence-electron chi connectivity index (χ3n) is 6.11. The maximum Gasteiger partial charge on any atom is 0.238 e. The van der Waals surface area contributed by atoms with Crippen molar-refractivity contribution < 1.29 is 17.9 Å². The van der Waals surface area contributed by atoms with Crippen LogP contribution in [0.1, 0.15) is 51.9 Å². The molecular formula is C17H29NO4S. The topological polar surface area (TPSA) is 72.5 Å². The van der Waals surface area contributed by atoms with Crippen molar-refractivity contribution in [1.82, 2.24) is 5.32 Å². The van der Waals surface area contributed by atoms with Crippen LogP contribution >= 0.6 is 0 Å². The highest BCUT2D eigenvalue weighted by molar-refractivity contribution is 7.92. The number of hydrogen-bond acceptors (Lipinski definition) is 4. The van der Waals surface area contributed by atoms with Crippen molar-refractivity contribution >= 4 is 15.7 Å². The molecule has 0 aliphatic heterocycles. The number of amides is 1. The average molecular weight is 343 g/mol. The van der Waals surface area contributed by atoms with E-state index in [0.29, 0.717) is 13.0 Å². The van der Waals surface area contributed by atoms with Crippen LogP contribution in [0.4, 0.5) is 0 Å². The molecule has 1 N–H and O–H groups in total. The fourth-order valence-electron chi connectivity index (χ4n) is 5.37. The van der Waals surface area contributed by atoms with Gasteiger partial charge in [-0.3, -0.25) is 4.79 Å². The molecule has 4 bridgehead atoms. The van der Waals surface area contributed by atoms with Crippen LogP contribution in [0.25, 0.3) is 0 Å². The number of methoxy groups -OCH3 is 1. The Labute approximate surface area is 139 Å². The van der Waals surface area contributed by atoms with Gasteiger partial charge in [-0.2, -0.15) is 0 Å². The van der Waals surface area contributed by atoms with E-state index in [0.717, 1.165) is 37.0 Å². The largest absolute Gasteiger partial charge is 0.385 e. The predicted molar refractivity (Wildman–Crippen MR) is 88.8 cm³/mol. The molecule has 0 aromatic carbocycles. The minimum atomic E-state index is -3.41. The molecule has 1 atom stereocenters. The van der Waals surface area contributed by atoms with E-state index in [4.69, 9.17) is 4.74 Å². The summed E-state index contributed by atoms with van der Waals surface area (Å²) >= 11 is 0. The molecule has 4 aliphatic rings. The molecule has 0 aromatic heterocycles. The summed E-state index contributed by atoms with van der Waals surface area (Å²) in [6, 6.07) is 0. The Morgan fingerprint density at radius 2 is 1.70 bits per heavy atom. The fourth-order valence-corrected chi connectivity index (χ4v) is 6.63. The van der Waals surface area contributed by atoms with Gasteiger partial charge in [-0.1, -0.05) is 0 Å². The monoisotopic (exact) mass is 343 g/mol. The number of carbonyl (C=O) groups excluding carboxylic acids is 1. The number of carbonyl (C=O) groups is 1. The number of sulfone groups is 1. The Kier molecular flexibility index (Phi) is 4.76. The molecule has 5 nitrogen and oxygen atoms in total. The van der Waals surface area contributed by atoms with E-state index in [1.54, 1.807) is 7.11 Å². The van der Waals surface area contributed by atoms with Gasteiger partial charge in [0.2, 0.25) is 5.91 Å². The summed E-state index contributed by atoms with van der Waals surface area (Å²) < 4.78 is 29.5. The van der Waals surface area contributed by atoms with Gasteiger partial charge in [0.1, 0.15) is 5.25 Å². The van der Waals surface area contributed by atoms with Gasteiger partial charge >= 0.3 is 0 Å². The van der Waals surface area contributed by atoms with E-state index in [-0.39, 0.29) is 17.2 Å². The van der Waals surface area contributed by atoms with Crippen molar-refractivity contribution in [3.05, 3.63) is 0 Å². The summed E-state index contributed by atoms with van der Waals surface area (Å²) in [5, 5.41) is 2.21. The standard InChI is InChI=1S/C17H29NO4S/c1-12(23(20,21)5-3-4-22-2)16(19)18-17-9-13-6-14(10-17)8-15(7-13)11-17/h12-15H,3-11H2,1-2H3,(H,18,19). The number of hydrogen-bond donors (Lipinski definition) is 1. The van der Waals surface area contributed by atoms with Crippen molar-refractivity contribution in [2.75, 3.05) is 19.5 Å². The molecule has 4 rings (SSSR count). The molecule has 0 radical (unpaired) electrons. The molecule has 1 unspecified atom stereocenters. The van der Waals surface area contributed by atoms with E-state index in [9.17, 15) is 13.2 Å². The Morgan fingerprint density at radius 3 is 2.17 bits per heavy atom. The summed E-state index contributed by atoms with van der Waals surface area (Å²) in [5.41, 5.74) is -0.123. The van der Waals surface area contributed by atoms with Gasteiger partial charge in [0.15, 0.2) is 9.84 Å². The Hall–Kier alpha value is -0.620. The van der Waals surface area contributed by atoms with Gasteiger partial charge in [-0.25, -0.2) is 8.42 Å². The van der Waals surface area contributed by atoms with Crippen LogP contribution in [0, 0.1) is 17.8 Å². The minimum Gasteiger partial charge on any atom is -0.385 e. The van der Waals surface area contributed by atoms with Gasteiger partial charge in [0, 0.05) is 19.3 Å². The van der Waals surface area contributed by atoms with Crippen LogP contribution in [0.2, 0.25) is 0 Å². The zero-order valence-electron chi connectivity index (χ0n) is 14.2. The molecule has 6 heteroatoms. The molecule has 4 saturated carbocycles. The molecule has 4 aliphatic carbocycles. The quantitative estimate of drug-likeness (QED) is 0.717.